The minimum Gasteiger partial charge on any atom is -0.486 e. The number of benzene rings is 1. The first-order valence-corrected chi connectivity index (χ1v) is 6.01. The standard InChI is InChI=1S/C12H16ClNO3/c1-8(15)6-14-7-9-4-10(13)12-11(5-9)16-2-3-17-12/h4-5,8,14-15H,2-3,6-7H2,1H3. The van der Waals surface area contributed by atoms with Crippen molar-refractivity contribution in [1.29, 1.82) is 0 Å². The molecule has 1 aromatic carbocycles. The van der Waals surface area contributed by atoms with E-state index in [2.05, 4.69) is 5.32 Å². The summed E-state index contributed by atoms with van der Waals surface area (Å²) in [4.78, 5) is 0. The summed E-state index contributed by atoms with van der Waals surface area (Å²) in [5.41, 5.74) is 1.01. The average Bonchev–Trinajstić information content (AvgIpc) is 2.28. The van der Waals surface area contributed by atoms with Crippen LogP contribution in [0.3, 0.4) is 0 Å². The highest BCUT2D eigenvalue weighted by atomic mass is 35.5. The SMILES string of the molecule is CC(O)CNCc1cc(Cl)c2c(c1)OCCO2. The van der Waals surface area contributed by atoms with Gasteiger partial charge < -0.3 is 19.9 Å². The van der Waals surface area contributed by atoms with Crippen LogP contribution in [0.1, 0.15) is 12.5 Å². The molecule has 2 rings (SSSR count). The zero-order valence-corrected chi connectivity index (χ0v) is 10.5. The zero-order chi connectivity index (χ0) is 12.3. The van der Waals surface area contributed by atoms with Crippen LogP contribution in [0.2, 0.25) is 5.02 Å². The van der Waals surface area contributed by atoms with E-state index < -0.39 is 0 Å². The van der Waals surface area contributed by atoms with Crippen LogP contribution in [0.5, 0.6) is 11.5 Å². The van der Waals surface area contributed by atoms with Crippen LogP contribution in [-0.4, -0.2) is 31.0 Å². The fourth-order valence-electron chi connectivity index (χ4n) is 1.69. The van der Waals surface area contributed by atoms with Crippen molar-refractivity contribution < 1.29 is 14.6 Å². The highest BCUT2D eigenvalue weighted by Gasteiger charge is 2.16. The summed E-state index contributed by atoms with van der Waals surface area (Å²) in [5, 5.41) is 12.8. The predicted octanol–water partition coefficient (Wildman–Crippen LogP) is 1.58. The number of hydrogen-bond donors (Lipinski definition) is 2. The Morgan fingerprint density at radius 1 is 1.41 bits per heavy atom. The van der Waals surface area contributed by atoms with Crippen molar-refractivity contribution in [3.8, 4) is 11.5 Å². The van der Waals surface area contributed by atoms with E-state index in [1.165, 1.54) is 0 Å². The lowest BCUT2D eigenvalue weighted by atomic mass is 10.2. The van der Waals surface area contributed by atoms with E-state index >= 15 is 0 Å². The molecule has 0 bridgehead atoms. The van der Waals surface area contributed by atoms with Crippen LogP contribution in [0.4, 0.5) is 0 Å². The number of fused-ring (bicyclic) bond motifs is 1. The molecule has 1 atom stereocenters. The second-order valence-corrected chi connectivity index (χ2v) is 4.49. The third kappa shape index (κ3) is 3.25. The average molecular weight is 258 g/mol. The van der Waals surface area contributed by atoms with Gasteiger partial charge in [0.15, 0.2) is 11.5 Å². The van der Waals surface area contributed by atoms with E-state index in [1.54, 1.807) is 6.92 Å². The van der Waals surface area contributed by atoms with Gasteiger partial charge in [0.25, 0.3) is 0 Å². The number of aliphatic hydroxyl groups excluding tert-OH is 1. The fraction of sp³-hybridized carbons (Fsp3) is 0.500. The van der Waals surface area contributed by atoms with Crippen LogP contribution in [0, 0.1) is 0 Å². The summed E-state index contributed by atoms with van der Waals surface area (Å²) in [7, 11) is 0. The van der Waals surface area contributed by atoms with Gasteiger partial charge in [-0.1, -0.05) is 11.6 Å². The number of hydrogen-bond acceptors (Lipinski definition) is 4. The minimum absolute atomic E-state index is 0.359. The Labute approximate surface area is 105 Å². The molecule has 4 nitrogen and oxygen atoms in total. The minimum atomic E-state index is -0.359. The molecule has 17 heavy (non-hydrogen) atoms. The van der Waals surface area contributed by atoms with Crippen molar-refractivity contribution >= 4 is 11.6 Å². The molecule has 0 amide bonds. The monoisotopic (exact) mass is 257 g/mol. The van der Waals surface area contributed by atoms with E-state index in [4.69, 9.17) is 26.2 Å². The Morgan fingerprint density at radius 3 is 2.94 bits per heavy atom. The van der Waals surface area contributed by atoms with Gasteiger partial charge in [0.2, 0.25) is 0 Å². The molecule has 1 unspecified atom stereocenters. The first-order valence-electron chi connectivity index (χ1n) is 5.63. The number of aliphatic hydroxyl groups is 1. The molecule has 0 aliphatic carbocycles. The predicted molar refractivity (Wildman–Crippen MR) is 65.8 cm³/mol. The number of ether oxygens (including phenoxy) is 2. The maximum Gasteiger partial charge on any atom is 0.179 e. The molecular weight excluding hydrogens is 242 g/mol. The maximum absolute atomic E-state index is 9.14. The van der Waals surface area contributed by atoms with Gasteiger partial charge in [-0.05, 0) is 24.6 Å². The van der Waals surface area contributed by atoms with Crippen molar-refractivity contribution in [2.24, 2.45) is 0 Å². The van der Waals surface area contributed by atoms with E-state index in [9.17, 15) is 0 Å². The van der Waals surface area contributed by atoms with Crippen LogP contribution in [0.15, 0.2) is 12.1 Å². The smallest absolute Gasteiger partial charge is 0.179 e. The number of nitrogens with one attached hydrogen (secondary N) is 1. The van der Waals surface area contributed by atoms with Crippen molar-refractivity contribution in [3.05, 3.63) is 22.7 Å². The molecule has 0 fully saturated rings. The molecule has 1 aliphatic rings. The molecule has 1 aliphatic heterocycles. The van der Waals surface area contributed by atoms with Crippen LogP contribution in [0.25, 0.3) is 0 Å². The quantitative estimate of drug-likeness (QED) is 0.860. The van der Waals surface area contributed by atoms with Gasteiger partial charge in [-0.3, -0.25) is 0 Å². The zero-order valence-electron chi connectivity index (χ0n) is 9.70. The fourth-order valence-corrected chi connectivity index (χ4v) is 1.98. The molecule has 0 saturated heterocycles. The summed E-state index contributed by atoms with van der Waals surface area (Å²) in [6, 6.07) is 3.76. The van der Waals surface area contributed by atoms with Gasteiger partial charge in [-0.15, -0.1) is 0 Å². The van der Waals surface area contributed by atoms with E-state index in [-0.39, 0.29) is 6.10 Å². The molecule has 0 radical (unpaired) electrons. The summed E-state index contributed by atoms with van der Waals surface area (Å²) in [6.07, 6.45) is -0.359. The van der Waals surface area contributed by atoms with Gasteiger partial charge in [-0.2, -0.15) is 0 Å². The molecule has 0 saturated carbocycles. The van der Waals surface area contributed by atoms with Crippen LogP contribution in [-0.2, 0) is 6.54 Å². The summed E-state index contributed by atoms with van der Waals surface area (Å²) in [5.74, 6) is 1.31. The Kier molecular flexibility index (Phi) is 4.10. The summed E-state index contributed by atoms with van der Waals surface area (Å²) in [6.45, 7) is 4.01. The maximum atomic E-state index is 9.14. The van der Waals surface area contributed by atoms with E-state index in [1.807, 2.05) is 12.1 Å². The second-order valence-electron chi connectivity index (χ2n) is 4.08. The van der Waals surface area contributed by atoms with Gasteiger partial charge in [0.05, 0.1) is 11.1 Å². The lowest BCUT2D eigenvalue weighted by Crippen LogP contribution is -2.24. The lowest BCUT2D eigenvalue weighted by Gasteiger charge is -2.20. The Balaban J connectivity index is 2.06. The van der Waals surface area contributed by atoms with E-state index in [0.29, 0.717) is 42.8 Å². The van der Waals surface area contributed by atoms with Crippen LogP contribution < -0.4 is 14.8 Å². The highest BCUT2D eigenvalue weighted by molar-refractivity contribution is 6.32. The van der Waals surface area contributed by atoms with Gasteiger partial charge in [0.1, 0.15) is 13.2 Å². The van der Waals surface area contributed by atoms with Crippen molar-refractivity contribution in [1.82, 2.24) is 5.32 Å². The second kappa shape index (κ2) is 5.58. The Morgan fingerprint density at radius 2 is 2.18 bits per heavy atom. The normalized spacial score (nSPS) is 15.7. The molecule has 2 N–H and O–H groups in total. The molecule has 1 aromatic rings. The summed E-state index contributed by atoms with van der Waals surface area (Å²) >= 11 is 6.11. The van der Waals surface area contributed by atoms with Crippen LogP contribution >= 0.6 is 11.6 Å². The van der Waals surface area contributed by atoms with Gasteiger partial charge in [-0.25, -0.2) is 0 Å². The molecule has 0 spiro atoms. The highest BCUT2D eigenvalue weighted by Crippen LogP contribution is 2.38. The topological polar surface area (TPSA) is 50.7 Å². The van der Waals surface area contributed by atoms with Crippen molar-refractivity contribution in [3.63, 3.8) is 0 Å². The van der Waals surface area contributed by atoms with Crippen molar-refractivity contribution in [2.45, 2.75) is 19.6 Å². The summed E-state index contributed by atoms with van der Waals surface area (Å²) < 4.78 is 10.9. The third-order valence-corrected chi connectivity index (χ3v) is 2.71. The molecule has 5 heteroatoms. The molecule has 0 aromatic heterocycles. The first-order chi connectivity index (χ1) is 8.16. The Hall–Kier alpha value is -0.970. The van der Waals surface area contributed by atoms with Gasteiger partial charge in [0, 0.05) is 13.1 Å². The van der Waals surface area contributed by atoms with E-state index in [0.717, 1.165) is 5.56 Å². The lowest BCUT2D eigenvalue weighted by molar-refractivity contribution is 0.171. The molecule has 94 valence electrons. The molecule has 1 heterocycles. The Bertz CT molecular complexity index is 396. The van der Waals surface area contributed by atoms with Crippen molar-refractivity contribution in [2.75, 3.05) is 19.8 Å². The third-order valence-electron chi connectivity index (χ3n) is 2.43. The largest absolute Gasteiger partial charge is 0.486 e. The first kappa shape index (κ1) is 12.5. The number of rotatable bonds is 4. The number of halogens is 1. The van der Waals surface area contributed by atoms with Gasteiger partial charge >= 0.3 is 0 Å². The molecular formula is C12H16ClNO3.